The van der Waals surface area contributed by atoms with Gasteiger partial charge in [0.15, 0.2) is 0 Å². The van der Waals surface area contributed by atoms with E-state index in [1.54, 1.807) is 6.92 Å². The van der Waals surface area contributed by atoms with Gasteiger partial charge < -0.3 is 9.47 Å². The van der Waals surface area contributed by atoms with Crippen molar-refractivity contribution in [3.63, 3.8) is 0 Å². The number of nitrogens with zero attached hydrogens (tertiary/aromatic N) is 1. The van der Waals surface area contributed by atoms with Crippen molar-refractivity contribution in [2.24, 2.45) is 10.4 Å². The van der Waals surface area contributed by atoms with Gasteiger partial charge in [-0.15, -0.1) is 13.2 Å². The van der Waals surface area contributed by atoms with Crippen molar-refractivity contribution >= 4 is 28.5 Å². The predicted octanol–water partition coefficient (Wildman–Crippen LogP) is 4.96. The molecule has 8 heteroatoms. The molecule has 0 fully saturated rings. The van der Waals surface area contributed by atoms with Crippen LogP contribution in [0.5, 0.6) is 5.75 Å². The summed E-state index contributed by atoms with van der Waals surface area (Å²) in [4.78, 5) is 16.2. The molecule has 0 aliphatic rings. The van der Waals surface area contributed by atoms with Gasteiger partial charge in [0.05, 0.1) is 18.0 Å². The largest absolute Gasteiger partial charge is 0.573 e. The Morgan fingerprint density at radius 1 is 1.17 bits per heavy atom. The standard InChI is InChI=1S/C16H20F3NO3S/c1-5-22-14(24-10-13(21)15(2,3)4)20-11-6-8-12(9-7-11)23-16(17,18)19/h6-9H,5,10H2,1-4H3. The van der Waals surface area contributed by atoms with Crippen LogP contribution >= 0.6 is 11.8 Å². The molecular weight excluding hydrogens is 343 g/mol. The lowest BCUT2D eigenvalue weighted by Gasteiger charge is -2.16. The predicted molar refractivity (Wildman–Crippen MR) is 88.8 cm³/mol. The molecular formula is C16H20F3NO3S. The molecule has 0 radical (unpaired) electrons. The van der Waals surface area contributed by atoms with Gasteiger partial charge >= 0.3 is 6.36 Å². The van der Waals surface area contributed by atoms with Gasteiger partial charge in [-0.2, -0.15) is 0 Å². The summed E-state index contributed by atoms with van der Waals surface area (Å²) in [6.07, 6.45) is -4.73. The summed E-state index contributed by atoms with van der Waals surface area (Å²) in [6, 6.07) is 5.10. The van der Waals surface area contributed by atoms with Gasteiger partial charge in [-0.3, -0.25) is 4.79 Å². The molecule has 24 heavy (non-hydrogen) atoms. The van der Waals surface area contributed by atoms with Crippen LogP contribution in [0.15, 0.2) is 29.3 Å². The van der Waals surface area contributed by atoms with Crippen LogP contribution in [-0.4, -0.2) is 29.7 Å². The third-order valence-corrected chi connectivity index (χ3v) is 3.58. The zero-order valence-corrected chi connectivity index (χ0v) is 14.8. The van der Waals surface area contributed by atoms with Crippen molar-refractivity contribution in [3.05, 3.63) is 24.3 Å². The molecule has 4 nitrogen and oxygen atoms in total. The van der Waals surface area contributed by atoms with Gasteiger partial charge in [0.2, 0.25) is 0 Å². The van der Waals surface area contributed by atoms with Crippen LogP contribution in [0.3, 0.4) is 0 Å². The number of carbonyl (C=O) groups is 1. The monoisotopic (exact) mass is 363 g/mol. The highest BCUT2D eigenvalue weighted by Crippen LogP contribution is 2.26. The Labute approximate surface area is 143 Å². The molecule has 0 aromatic heterocycles. The number of hydrogen-bond donors (Lipinski definition) is 0. The van der Waals surface area contributed by atoms with E-state index < -0.39 is 11.8 Å². The van der Waals surface area contributed by atoms with E-state index in [2.05, 4.69) is 9.73 Å². The molecule has 0 atom stereocenters. The van der Waals surface area contributed by atoms with Crippen molar-refractivity contribution in [1.29, 1.82) is 0 Å². The van der Waals surface area contributed by atoms with Gasteiger partial charge in [-0.05, 0) is 31.2 Å². The summed E-state index contributed by atoms with van der Waals surface area (Å²) < 4.78 is 45.5. The first-order valence-corrected chi connectivity index (χ1v) is 8.23. The van der Waals surface area contributed by atoms with E-state index in [1.807, 2.05) is 20.8 Å². The number of aliphatic imine (C=N–C) groups is 1. The quantitative estimate of drug-likeness (QED) is 0.548. The summed E-state index contributed by atoms with van der Waals surface area (Å²) >= 11 is 1.16. The first-order chi connectivity index (χ1) is 11.0. The summed E-state index contributed by atoms with van der Waals surface area (Å²) in [5, 5.41) is 0.291. The van der Waals surface area contributed by atoms with E-state index in [0.29, 0.717) is 17.5 Å². The molecule has 0 saturated heterocycles. The lowest BCUT2D eigenvalue weighted by Crippen LogP contribution is -2.23. The van der Waals surface area contributed by atoms with Crippen molar-refractivity contribution in [1.82, 2.24) is 0 Å². The number of ether oxygens (including phenoxy) is 2. The number of ketones is 1. The van der Waals surface area contributed by atoms with E-state index >= 15 is 0 Å². The number of rotatable bonds is 5. The molecule has 0 amide bonds. The van der Waals surface area contributed by atoms with E-state index in [9.17, 15) is 18.0 Å². The van der Waals surface area contributed by atoms with E-state index in [0.717, 1.165) is 11.8 Å². The molecule has 0 unspecified atom stereocenters. The van der Waals surface area contributed by atoms with E-state index in [1.165, 1.54) is 24.3 Å². The highest BCUT2D eigenvalue weighted by Gasteiger charge is 2.31. The van der Waals surface area contributed by atoms with Crippen LogP contribution in [0.2, 0.25) is 0 Å². The number of thioether (sulfide) groups is 1. The smallest absolute Gasteiger partial charge is 0.473 e. The molecule has 0 aliphatic carbocycles. The average molecular weight is 363 g/mol. The first kappa shape index (κ1) is 20.3. The second-order valence-corrected chi connectivity index (χ2v) is 6.74. The molecule has 0 spiro atoms. The minimum Gasteiger partial charge on any atom is -0.473 e. The number of hydrogen-bond acceptors (Lipinski definition) is 5. The van der Waals surface area contributed by atoms with Crippen LogP contribution in [-0.2, 0) is 9.53 Å². The lowest BCUT2D eigenvalue weighted by atomic mass is 9.92. The second-order valence-electron chi connectivity index (χ2n) is 5.81. The van der Waals surface area contributed by atoms with E-state index in [-0.39, 0.29) is 17.3 Å². The number of carbonyl (C=O) groups excluding carboxylic acids is 1. The Hall–Kier alpha value is -1.70. The van der Waals surface area contributed by atoms with Crippen LogP contribution in [0, 0.1) is 5.41 Å². The van der Waals surface area contributed by atoms with Crippen LogP contribution in [0.4, 0.5) is 18.9 Å². The minimum atomic E-state index is -4.73. The molecule has 134 valence electrons. The maximum absolute atomic E-state index is 12.1. The van der Waals surface area contributed by atoms with Crippen molar-refractivity contribution in [2.45, 2.75) is 34.1 Å². The number of Topliss-reactive ketones (excluding diaryl/α,β-unsaturated/α-hetero) is 1. The van der Waals surface area contributed by atoms with Crippen molar-refractivity contribution in [3.8, 4) is 5.75 Å². The Morgan fingerprint density at radius 3 is 2.21 bits per heavy atom. The summed E-state index contributed by atoms with van der Waals surface area (Å²) in [6.45, 7) is 7.62. The van der Waals surface area contributed by atoms with Gasteiger partial charge in [0.1, 0.15) is 11.5 Å². The average Bonchev–Trinajstić information content (AvgIpc) is 2.44. The fourth-order valence-electron chi connectivity index (χ4n) is 1.40. The zero-order valence-electron chi connectivity index (χ0n) is 13.9. The molecule has 0 saturated carbocycles. The Kier molecular flexibility index (Phi) is 7.13. The Balaban J connectivity index is 2.79. The SMILES string of the molecule is CCOC(=Nc1ccc(OC(F)(F)F)cc1)SCC(=O)C(C)(C)C. The first-order valence-electron chi connectivity index (χ1n) is 7.24. The maximum Gasteiger partial charge on any atom is 0.573 e. The van der Waals surface area contributed by atoms with Crippen molar-refractivity contribution < 1.29 is 27.4 Å². The minimum absolute atomic E-state index is 0.0498. The number of halogens is 3. The third kappa shape index (κ3) is 7.72. The molecule has 0 N–H and O–H groups in total. The van der Waals surface area contributed by atoms with Crippen LogP contribution in [0.1, 0.15) is 27.7 Å². The topological polar surface area (TPSA) is 47.9 Å². The maximum atomic E-state index is 12.1. The fourth-order valence-corrected chi connectivity index (χ4v) is 2.46. The molecule has 1 aromatic rings. The third-order valence-electron chi connectivity index (χ3n) is 2.72. The van der Waals surface area contributed by atoms with Crippen LogP contribution in [0.25, 0.3) is 0 Å². The molecule has 0 bridgehead atoms. The summed E-state index contributed by atoms with van der Waals surface area (Å²) in [7, 11) is 0. The van der Waals surface area contributed by atoms with Crippen LogP contribution < -0.4 is 4.74 Å². The van der Waals surface area contributed by atoms with Gasteiger partial charge in [0, 0.05) is 5.41 Å². The van der Waals surface area contributed by atoms with Gasteiger partial charge in [-0.25, -0.2) is 4.99 Å². The molecule has 0 heterocycles. The fraction of sp³-hybridized carbons (Fsp3) is 0.500. The highest BCUT2D eigenvalue weighted by atomic mass is 32.2. The summed E-state index contributed by atoms with van der Waals surface area (Å²) in [5.41, 5.74) is -0.0512. The number of alkyl halides is 3. The highest BCUT2D eigenvalue weighted by molar-refractivity contribution is 8.14. The zero-order chi connectivity index (χ0) is 18.4. The van der Waals surface area contributed by atoms with Gasteiger partial charge in [-0.1, -0.05) is 32.5 Å². The lowest BCUT2D eigenvalue weighted by molar-refractivity contribution is -0.274. The van der Waals surface area contributed by atoms with Gasteiger partial charge in [0.25, 0.3) is 5.23 Å². The second kappa shape index (κ2) is 8.41. The Morgan fingerprint density at radius 2 is 1.75 bits per heavy atom. The molecule has 0 aliphatic heterocycles. The van der Waals surface area contributed by atoms with E-state index in [4.69, 9.17) is 4.74 Å². The molecule has 1 rings (SSSR count). The Bertz CT molecular complexity index is 578. The normalized spacial score (nSPS) is 12.9. The summed E-state index contributed by atoms with van der Waals surface area (Å²) in [5.74, 6) is -0.0683. The van der Waals surface area contributed by atoms with Crippen molar-refractivity contribution in [2.75, 3.05) is 12.4 Å². The molecule has 1 aromatic carbocycles. The number of benzene rings is 1.